The number of fused-ring (bicyclic) bond motifs is 15. The van der Waals surface area contributed by atoms with E-state index in [0.29, 0.717) is 11.8 Å². The fourth-order valence-corrected chi connectivity index (χ4v) is 17.7. The number of benzene rings is 17. The molecule has 6 heterocycles. The summed E-state index contributed by atoms with van der Waals surface area (Å²) in [5.74, 6) is 1.25. The number of rotatable bonds is 11. The maximum Gasteiger partial charge on any atom is 0.235 e. The summed E-state index contributed by atoms with van der Waals surface area (Å²) in [5.41, 5.74) is 27.7. The largest absolute Gasteiger partial charge is 0.309 e. The molecule has 0 saturated carbocycles. The van der Waals surface area contributed by atoms with Crippen molar-refractivity contribution in [1.29, 1.82) is 0 Å². The average molecular weight is 1430 g/mol. The first-order valence-electron chi connectivity index (χ1n) is 38.1. The van der Waals surface area contributed by atoms with Crippen molar-refractivity contribution in [2.24, 2.45) is 0 Å². The molecular weight excluding hydrogens is 1360 g/mol. The Morgan fingerprint density at radius 3 is 1.04 bits per heavy atom. The monoisotopic (exact) mass is 1420 g/mol. The van der Waals surface area contributed by atoms with Gasteiger partial charge in [0.25, 0.3) is 0 Å². The molecule has 0 saturated heterocycles. The molecule has 0 radical (unpaired) electrons. The summed E-state index contributed by atoms with van der Waals surface area (Å²) in [6.45, 7) is 0. The molecule has 520 valence electrons. The summed E-state index contributed by atoms with van der Waals surface area (Å²) in [5, 5.41) is 13.8. The van der Waals surface area contributed by atoms with Crippen molar-refractivity contribution in [2.45, 2.75) is 0 Å². The van der Waals surface area contributed by atoms with Crippen molar-refractivity contribution in [1.82, 2.24) is 38.2 Å². The lowest BCUT2D eigenvalue weighted by atomic mass is 9.97. The van der Waals surface area contributed by atoms with Crippen LogP contribution >= 0.6 is 0 Å². The van der Waals surface area contributed by atoms with Gasteiger partial charge in [-0.1, -0.05) is 249 Å². The quantitative estimate of drug-likeness (QED) is 0.129. The van der Waals surface area contributed by atoms with E-state index in [1.54, 1.807) is 0 Å². The van der Waals surface area contributed by atoms with Crippen LogP contribution in [-0.4, -0.2) is 38.2 Å². The SMILES string of the molecule is c1ccc(-n2c3ccccc3c3cc(-c4ccc5c(c4)c4ccccc4n5-c4cccc(-c5nc(-c6cccc(-c7ccc8c(c7)c7cc(-c9ccc%10c(c9)c9ccccc9n%10-c9ccccc9)ccc7n8-c7nc(-c8ccc(-c9ccc%10ccccc%10c9)cc8)c8ccccc8n7)c6)c6ccccc6n5)c4)ccc32)cc1. The normalized spacial score (nSPS) is 11.9. The molecule has 0 aliphatic heterocycles. The number of hydrogen-bond acceptors (Lipinski definition) is 4. The second-order valence-electron chi connectivity index (χ2n) is 29.3. The molecule has 0 aliphatic carbocycles. The van der Waals surface area contributed by atoms with E-state index >= 15 is 0 Å². The maximum absolute atomic E-state index is 5.62. The van der Waals surface area contributed by atoms with Crippen molar-refractivity contribution < 1.29 is 0 Å². The highest BCUT2D eigenvalue weighted by atomic mass is 15.2. The minimum absolute atomic E-state index is 0.598. The van der Waals surface area contributed by atoms with E-state index in [1.165, 1.54) is 70.8 Å². The van der Waals surface area contributed by atoms with Crippen LogP contribution in [0.4, 0.5) is 0 Å². The molecule has 8 nitrogen and oxygen atoms in total. The van der Waals surface area contributed by atoms with E-state index in [2.05, 4.69) is 407 Å². The lowest BCUT2D eigenvalue weighted by Gasteiger charge is -2.13. The van der Waals surface area contributed by atoms with E-state index in [9.17, 15) is 0 Å². The zero-order valence-electron chi connectivity index (χ0n) is 60.5. The van der Waals surface area contributed by atoms with Gasteiger partial charge in [0.15, 0.2) is 5.82 Å². The molecule has 17 aromatic carbocycles. The molecule has 0 unspecified atom stereocenters. The first-order valence-corrected chi connectivity index (χ1v) is 38.1. The van der Waals surface area contributed by atoms with Crippen LogP contribution in [0.1, 0.15) is 0 Å². The number of nitrogens with zero attached hydrogens (tertiary/aromatic N) is 8. The molecule has 0 aliphatic rings. The molecule has 23 rings (SSSR count). The zero-order chi connectivity index (χ0) is 73.5. The third-order valence-corrected chi connectivity index (χ3v) is 22.9. The summed E-state index contributed by atoms with van der Waals surface area (Å²) in [6, 6.07) is 140. The number of aromatic nitrogens is 8. The van der Waals surface area contributed by atoms with Crippen LogP contribution in [0.2, 0.25) is 0 Å². The Bertz CT molecular complexity index is 7810. The van der Waals surface area contributed by atoms with Gasteiger partial charge >= 0.3 is 0 Å². The van der Waals surface area contributed by atoms with Crippen LogP contribution in [0.3, 0.4) is 0 Å². The van der Waals surface area contributed by atoms with Crippen molar-refractivity contribution in [3.63, 3.8) is 0 Å². The second kappa shape index (κ2) is 25.3. The fraction of sp³-hybridized carbons (Fsp3) is 0. The Labute approximate surface area is 643 Å². The first kappa shape index (κ1) is 63.0. The van der Waals surface area contributed by atoms with E-state index in [0.717, 1.165) is 139 Å². The summed E-state index contributed by atoms with van der Waals surface area (Å²) < 4.78 is 9.40. The lowest BCUT2D eigenvalue weighted by Crippen LogP contribution is -2.03. The Hall–Kier alpha value is -15.1. The van der Waals surface area contributed by atoms with Crippen molar-refractivity contribution in [3.05, 3.63) is 388 Å². The van der Waals surface area contributed by atoms with Gasteiger partial charge in [-0.15, -0.1) is 0 Å². The van der Waals surface area contributed by atoms with Crippen LogP contribution in [0, 0.1) is 0 Å². The van der Waals surface area contributed by atoms with Gasteiger partial charge in [-0.25, -0.2) is 19.9 Å². The summed E-state index contributed by atoms with van der Waals surface area (Å²) in [7, 11) is 0. The first-order chi connectivity index (χ1) is 55.5. The Kier molecular flexibility index (Phi) is 14.2. The number of para-hydroxylation sites is 7. The van der Waals surface area contributed by atoms with Crippen LogP contribution in [-0.2, 0) is 0 Å². The second-order valence-corrected chi connectivity index (χ2v) is 29.3. The lowest BCUT2D eigenvalue weighted by molar-refractivity contribution is 1.01. The molecule has 112 heavy (non-hydrogen) atoms. The van der Waals surface area contributed by atoms with Crippen molar-refractivity contribution >= 4 is 120 Å². The Morgan fingerprint density at radius 1 is 0.161 bits per heavy atom. The van der Waals surface area contributed by atoms with Gasteiger partial charge in [0.1, 0.15) is 0 Å². The molecule has 0 fully saturated rings. The topological polar surface area (TPSA) is 71.3 Å². The Morgan fingerprint density at radius 2 is 0.509 bits per heavy atom. The average Bonchev–Trinajstić information content (AvgIpc) is 1.62. The van der Waals surface area contributed by atoms with Gasteiger partial charge < -0.3 is 13.7 Å². The predicted molar refractivity (Wildman–Crippen MR) is 466 cm³/mol. The van der Waals surface area contributed by atoms with E-state index in [-0.39, 0.29) is 0 Å². The molecule has 0 bridgehead atoms. The molecule has 8 heteroatoms. The molecule has 6 aromatic heterocycles. The highest BCUT2D eigenvalue weighted by Crippen LogP contribution is 2.44. The van der Waals surface area contributed by atoms with Gasteiger partial charge in [-0.3, -0.25) is 4.57 Å². The highest BCUT2D eigenvalue weighted by molar-refractivity contribution is 6.16. The maximum atomic E-state index is 5.62. The van der Waals surface area contributed by atoms with Crippen LogP contribution < -0.4 is 0 Å². The minimum atomic E-state index is 0.598. The summed E-state index contributed by atoms with van der Waals surface area (Å²) >= 11 is 0. The fourth-order valence-electron chi connectivity index (χ4n) is 17.7. The standard InChI is InChI=1S/C104H64N8/c1-3-26-78(27-4-1)109-93-38-16-11-31-81(93)86-60-72(47-52-96(86)109)73-49-54-98-88(62-73)83-33-13-18-40-95(83)111(98)80-30-20-25-77(59-80)103-105-91-36-14-9-34-84(91)102(107-103)76-24-19-23-69(58-76)71-50-55-99-89(63-71)90-64-75(74-48-53-97-87(61-74)82-32-12-17-39-94(82)110(97)79-28-5-2-6-29-79)51-56-100(90)112(99)104-106-92-37-15-10-35-85(92)101(108-104)67-44-41-66(42-45-67)70-46-43-65-21-7-8-22-68(65)57-70/h1-64H. The van der Waals surface area contributed by atoms with Gasteiger partial charge in [-0.2, -0.15) is 0 Å². The Balaban J connectivity index is 0.637. The van der Waals surface area contributed by atoms with E-state index < -0.39 is 0 Å². The molecule has 0 N–H and O–H groups in total. The minimum Gasteiger partial charge on any atom is -0.309 e. The van der Waals surface area contributed by atoms with Crippen molar-refractivity contribution in [3.8, 4) is 101 Å². The molecule has 0 spiro atoms. The van der Waals surface area contributed by atoms with Crippen LogP contribution in [0.5, 0.6) is 0 Å². The van der Waals surface area contributed by atoms with Crippen LogP contribution in [0.15, 0.2) is 388 Å². The predicted octanol–water partition coefficient (Wildman–Crippen LogP) is 26.8. The van der Waals surface area contributed by atoms with Gasteiger partial charge in [-0.05, 0) is 195 Å². The van der Waals surface area contributed by atoms with Gasteiger partial charge in [0, 0.05) is 87.6 Å². The number of hydrogen-bond donors (Lipinski definition) is 0. The van der Waals surface area contributed by atoms with Crippen LogP contribution in [0.25, 0.3) is 221 Å². The van der Waals surface area contributed by atoms with E-state index in [4.69, 9.17) is 19.9 Å². The molecular formula is C104H64N8. The van der Waals surface area contributed by atoms with Crippen molar-refractivity contribution in [2.75, 3.05) is 0 Å². The summed E-state index contributed by atoms with van der Waals surface area (Å²) in [6.07, 6.45) is 0. The van der Waals surface area contributed by atoms with Gasteiger partial charge in [0.2, 0.25) is 5.95 Å². The summed E-state index contributed by atoms with van der Waals surface area (Å²) in [4.78, 5) is 22.0. The molecule has 23 aromatic rings. The third-order valence-electron chi connectivity index (χ3n) is 22.9. The zero-order valence-corrected chi connectivity index (χ0v) is 60.5. The van der Waals surface area contributed by atoms with E-state index in [1.807, 2.05) is 0 Å². The molecule has 0 atom stereocenters. The third kappa shape index (κ3) is 10.2. The smallest absolute Gasteiger partial charge is 0.235 e. The highest BCUT2D eigenvalue weighted by Gasteiger charge is 2.24. The van der Waals surface area contributed by atoms with Gasteiger partial charge in [0.05, 0.1) is 66.6 Å². The molecule has 0 amide bonds.